The fourth-order valence-corrected chi connectivity index (χ4v) is 2.43. The van der Waals surface area contributed by atoms with Crippen LogP contribution in [0.5, 0.6) is 5.75 Å². The van der Waals surface area contributed by atoms with Crippen LogP contribution in [0, 0.1) is 5.82 Å². The first kappa shape index (κ1) is 18.6. The van der Waals surface area contributed by atoms with Crippen molar-refractivity contribution in [3.05, 3.63) is 65.0 Å². The van der Waals surface area contributed by atoms with Crippen LogP contribution in [-0.2, 0) is 17.6 Å². The maximum atomic E-state index is 13.2. The highest BCUT2D eigenvalue weighted by atomic mass is 19.1. The average molecular weight is 343 g/mol. The third kappa shape index (κ3) is 5.71. The first-order valence-electron chi connectivity index (χ1n) is 8.04. The van der Waals surface area contributed by atoms with E-state index in [1.165, 1.54) is 6.07 Å². The van der Waals surface area contributed by atoms with Gasteiger partial charge in [0.05, 0.1) is 0 Å². The molecule has 2 N–H and O–H groups in total. The summed E-state index contributed by atoms with van der Waals surface area (Å²) in [6.07, 6.45) is 0.0363. The van der Waals surface area contributed by atoms with E-state index in [1.807, 2.05) is 20.8 Å². The molecule has 0 aliphatic carbocycles. The summed E-state index contributed by atoms with van der Waals surface area (Å²) in [4.78, 5) is 24.4. The zero-order valence-electron chi connectivity index (χ0n) is 14.6. The number of benzene rings is 2. The molecule has 0 saturated heterocycles. The van der Waals surface area contributed by atoms with E-state index in [1.54, 1.807) is 24.3 Å². The first-order valence-corrected chi connectivity index (χ1v) is 8.04. The average Bonchev–Trinajstić information content (AvgIpc) is 2.49. The van der Waals surface area contributed by atoms with Gasteiger partial charge in [-0.05, 0) is 56.7 Å². The number of ketones is 1. The third-order valence-corrected chi connectivity index (χ3v) is 3.51. The molecular formula is C20H22FNO3. The van der Waals surface area contributed by atoms with Gasteiger partial charge in [0.15, 0.2) is 0 Å². The number of halogens is 1. The summed E-state index contributed by atoms with van der Waals surface area (Å²) in [7, 11) is 0. The van der Waals surface area contributed by atoms with E-state index in [4.69, 9.17) is 0 Å². The SMILES string of the molecule is CC(C)(C)NC(=O)c1cccc(CC(=O)Cc2cc(F)ccc2O)c1. The van der Waals surface area contributed by atoms with Crippen molar-refractivity contribution in [2.24, 2.45) is 0 Å². The summed E-state index contributed by atoms with van der Waals surface area (Å²) in [5.41, 5.74) is 1.08. The highest BCUT2D eigenvalue weighted by Gasteiger charge is 2.16. The predicted octanol–water partition coefficient (Wildman–Crippen LogP) is 3.41. The lowest BCUT2D eigenvalue weighted by atomic mass is 10.00. The monoisotopic (exact) mass is 343 g/mol. The van der Waals surface area contributed by atoms with E-state index in [0.29, 0.717) is 11.1 Å². The van der Waals surface area contributed by atoms with E-state index in [-0.39, 0.29) is 41.4 Å². The quantitative estimate of drug-likeness (QED) is 0.874. The molecule has 0 saturated carbocycles. The summed E-state index contributed by atoms with van der Waals surface area (Å²) in [6, 6.07) is 10.4. The fourth-order valence-electron chi connectivity index (χ4n) is 2.43. The van der Waals surface area contributed by atoms with Crippen LogP contribution in [-0.4, -0.2) is 22.3 Å². The van der Waals surface area contributed by atoms with Gasteiger partial charge in [-0.2, -0.15) is 0 Å². The fraction of sp³-hybridized carbons (Fsp3) is 0.300. The Morgan fingerprint density at radius 3 is 2.48 bits per heavy atom. The standard InChI is InChI=1S/C20H22FNO3/c1-20(2,3)22-19(25)14-6-4-5-13(9-14)10-17(23)12-15-11-16(21)7-8-18(15)24/h4-9,11,24H,10,12H2,1-3H3,(H,22,25). The van der Waals surface area contributed by atoms with Gasteiger partial charge in [-0.25, -0.2) is 4.39 Å². The van der Waals surface area contributed by atoms with Crippen LogP contribution in [0.25, 0.3) is 0 Å². The minimum Gasteiger partial charge on any atom is -0.508 e. The number of hydrogen-bond acceptors (Lipinski definition) is 3. The summed E-state index contributed by atoms with van der Waals surface area (Å²) < 4.78 is 13.2. The van der Waals surface area contributed by atoms with E-state index in [2.05, 4.69) is 5.32 Å². The third-order valence-electron chi connectivity index (χ3n) is 3.51. The largest absolute Gasteiger partial charge is 0.508 e. The number of carbonyl (C=O) groups excluding carboxylic acids is 2. The van der Waals surface area contributed by atoms with Crippen LogP contribution in [0.2, 0.25) is 0 Å². The van der Waals surface area contributed by atoms with Gasteiger partial charge in [0, 0.05) is 29.5 Å². The van der Waals surface area contributed by atoms with Crippen LogP contribution < -0.4 is 5.32 Å². The number of phenolic OH excluding ortho intramolecular Hbond substituents is 1. The van der Waals surface area contributed by atoms with Crippen LogP contribution in [0.1, 0.15) is 42.3 Å². The predicted molar refractivity (Wildman–Crippen MR) is 94.1 cm³/mol. The number of aromatic hydroxyl groups is 1. The maximum absolute atomic E-state index is 13.2. The van der Waals surface area contributed by atoms with Crippen molar-refractivity contribution in [2.75, 3.05) is 0 Å². The Hall–Kier alpha value is -2.69. The van der Waals surface area contributed by atoms with Gasteiger partial charge in [-0.1, -0.05) is 12.1 Å². The minimum absolute atomic E-state index is 0.0675. The summed E-state index contributed by atoms with van der Waals surface area (Å²) in [6.45, 7) is 5.68. The molecule has 0 radical (unpaired) electrons. The lowest BCUT2D eigenvalue weighted by molar-refractivity contribution is -0.117. The smallest absolute Gasteiger partial charge is 0.251 e. The molecule has 2 rings (SSSR count). The lowest BCUT2D eigenvalue weighted by Crippen LogP contribution is -2.40. The van der Waals surface area contributed by atoms with Crippen LogP contribution in [0.15, 0.2) is 42.5 Å². The molecule has 132 valence electrons. The van der Waals surface area contributed by atoms with Gasteiger partial charge < -0.3 is 10.4 Å². The van der Waals surface area contributed by atoms with Gasteiger partial charge in [-0.3, -0.25) is 9.59 Å². The van der Waals surface area contributed by atoms with Gasteiger partial charge in [0.1, 0.15) is 17.3 Å². The zero-order chi connectivity index (χ0) is 18.6. The van der Waals surface area contributed by atoms with E-state index < -0.39 is 5.82 Å². The van der Waals surface area contributed by atoms with Crippen LogP contribution in [0.4, 0.5) is 4.39 Å². The lowest BCUT2D eigenvalue weighted by Gasteiger charge is -2.20. The molecule has 1 amide bonds. The number of nitrogens with one attached hydrogen (secondary N) is 1. The number of rotatable bonds is 5. The Kier molecular flexibility index (Phi) is 5.57. The topological polar surface area (TPSA) is 66.4 Å². The molecule has 0 unspecified atom stereocenters. The molecule has 2 aromatic rings. The molecular weight excluding hydrogens is 321 g/mol. The normalized spacial score (nSPS) is 11.2. The number of hydrogen-bond donors (Lipinski definition) is 2. The Bertz CT molecular complexity index is 794. The second-order valence-corrected chi connectivity index (χ2v) is 7.07. The van der Waals surface area contributed by atoms with Crippen LogP contribution in [0.3, 0.4) is 0 Å². The highest BCUT2D eigenvalue weighted by molar-refractivity contribution is 5.95. The van der Waals surface area contributed by atoms with Crippen molar-refractivity contribution in [2.45, 2.75) is 39.2 Å². The van der Waals surface area contributed by atoms with Gasteiger partial charge in [0.2, 0.25) is 0 Å². The molecule has 0 fully saturated rings. The second kappa shape index (κ2) is 7.47. The molecule has 0 aliphatic heterocycles. The van der Waals surface area contributed by atoms with Crippen molar-refractivity contribution < 1.29 is 19.1 Å². The summed E-state index contributed by atoms with van der Waals surface area (Å²) in [5, 5.41) is 12.6. The van der Waals surface area contributed by atoms with E-state index >= 15 is 0 Å². The Balaban J connectivity index is 2.07. The van der Waals surface area contributed by atoms with E-state index in [0.717, 1.165) is 12.1 Å². The van der Waals surface area contributed by atoms with Gasteiger partial charge in [-0.15, -0.1) is 0 Å². The first-order chi connectivity index (χ1) is 11.6. The molecule has 2 aromatic carbocycles. The molecule has 0 aromatic heterocycles. The molecule has 0 bridgehead atoms. The number of Topliss-reactive ketones (excluding diaryl/α,β-unsaturated/α-hetero) is 1. The molecule has 0 spiro atoms. The van der Waals surface area contributed by atoms with Crippen molar-refractivity contribution in [1.29, 1.82) is 0 Å². The number of phenols is 1. The summed E-state index contributed by atoms with van der Waals surface area (Å²) in [5.74, 6) is -0.978. The highest BCUT2D eigenvalue weighted by Crippen LogP contribution is 2.19. The second-order valence-electron chi connectivity index (χ2n) is 7.07. The minimum atomic E-state index is -0.499. The zero-order valence-corrected chi connectivity index (χ0v) is 14.6. The molecule has 0 aliphatic rings. The molecule has 4 nitrogen and oxygen atoms in total. The van der Waals surface area contributed by atoms with E-state index in [9.17, 15) is 19.1 Å². The Morgan fingerprint density at radius 2 is 1.80 bits per heavy atom. The van der Waals surface area contributed by atoms with Crippen molar-refractivity contribution in [3.8, 4) is 5.75 Å². The maximum Gasteiger partial charge on any atom is 0.251 e. The Labute approximate surface area is 146 Å². The Morgan fingerprint density at radius 1 is 1.08 bits per heavy atom. The number of carbonyl (C=O) groups is 2. The van der Waals surface area contributed by atoms with Gasteiger partial charge in [0.25, 0.3) is 5.91 Å². The molecule has 5 heteroatoms. The van der Waals surface area contributed by atoms with Crippen molar-refractivity contribution in [1.82, 2.24) is 5.32 Å². The van der Waals surface area contributed by atoms with Crippen molar-refractivity contribution >= 4 is 11.7 Å². The molecule has 0 atom stereocenters. The summed E-state index contributed by atoms with van der Waals surface area (Å²) >= 11 is 0. The van der Waals surface area contributed by atoms with Gasteiger partial charge >= 0.3 is 0 Å². The molecule has 25 heavy (non-hydrogen) atoms. The molecule has 0 heterocycles. The number of amides is 1. The van der Waals surface area contributed by atoms with Crippen molar-refractivity contribution in [3.63, 3.8) is 0 Å². The van der Waals surface area contributed by atoms with Crippen LogP contribution >= 0.6 is 0 Å².